The van der Waals surface area contributed by atoms with Gasteiger partial charge in [0.15, 0.2) is 0 Å². The Morgan fingerprint density at radius 2 is 1.59 bits per heavy atom. The zero-order chi connectivity index (χ0) is 20.1. The molecule has 0 radical (unpaired) electrons. The summed E-state index contributed by atoms with van der Waals surface area (Å²) in [6, 6.07) is 20.7. The topological polar surface area (TPSA) is 36.0 Å². The molecular weight excluding hydrogens is 362 g/mol. The van der Waals surface area contributed by atoms with E-state index in [1.54, 1.807) is 7.11 Å². The van der Waals surface area contributed by atoms with Gasteiger partial charge in [0.05, 0.1) is 0 Å². The number of piperazine rings is 1. The van der Waals surface area contributed by atoms with E-state index in [-0.39, 0.29) is 18.1 Å². The minimum atomic E-state index is 0.0349. The molecule has 5 heteroatoms. The summed E-state index contributed by atoms with van der Waals surface area (Å²) in [5, 5.41) is 0. The number of anilines is 1. The van der Waals surface area contributed by atoms with Gasteiger partial charge in [-0.05, 0) is 30.5 Å². The van der Waals surface area contributed by atoms with Crippen molar-refractivity contribution in [2.24, 2.45) is 0 Å². The number of rotatable bonds is 8. The minimum Gasteiger partial charge on any atom is -0.375 e. The van der Waals surface area contributed by atoms with Crippen LogP contribution in [0, 0.1) is 0 Å². The number of ether oxygens (including phenoxy) is 1. The number of methoxy groups -OCH3 is 1. The summed E-state index contributed by atoms with van der Waals surface area (Å²) in [7, 11) is 1.58. The van der Waals surface area contributed by atoms with Crippen molar-refractivity contribution in [1.29, 1.82) is 0 Å². The number of nitrogens with zero attached hydrogens (tertiary/aromatic N) is 3. The Balaban J connectivity index is 1.39. The van der Waals surface area contributed by atoms with Gasteiger partial charge < -0.3 is 9.64 Å². The molecule has 0 aromatic heterocycles. The van der Waals surface area contributed by atoms with Crippen LogP contribution in [0.1, 0.15) is 18.4 Å². The highest BCUT2D eigenvalue weighted by molar-refractivity contribution is 5.94. The van der Waals surface area contributed by atoms with E-state index in [0.29, 0.717) is 0 Å². The average Bonchev–Trinajstić information content (AvgIpc) is 3.55. The molecule has 2 fully saturated rings. The Morgan fingerprint density at radius 1 is 0.966 bits per heavy atom. The van der Waals surface area contributed by atoms with Gasteiger partial charge in [-0.2, -0.15) is 0 Å². The molecule has 0 atom stereocenters. The number of benzene rings is 2. The number of carbonyl (C=O) groups excluding carboxylic acids is 1. The maximum absolute atomic E-state index is 12.8. The van der Waals surface area contributed by atoms with Crippen LogP contribution in [0.4, 0.5) is 5.69 Å². The van der Waals surface area contributed by atoms with Crippen LogP contribution in [0.25, 0.3) is 0 Å². The van der Waals surface area contributed by atoms with E-state index in [4.69, 9.17) is 4.74 Å². The first kappa shape index (κ1) is 20.1. The van der Waals surface area contributed by atoms with Gasteiger partial charge in [-0.15, -0.1) is 0 Å². The van der Waals surface area contributed by atoms with Crippen molar-refractivity contribution in [1.82, 2.24) is 9.80 Å². The second kappa shape index (κ2) is 9.08. The van der Waals surface area contributed by atoms with Gasteiger partial charge in [0.2, 0.25) is 0 Å². The smallest absolute Gasteiger partial charge is 0.253 e. The number of amides is 1. The van der Waals surface area contributed by atoms with Crippen LogP contribution < -0.4 is 4.90 Å². The number of para-hydroxylation sites is 1. The van der Waals surface area contributed by atoms with Crippen LogP contribution in [0.5, 0.6) is 0 Å². The van der Waals surface area contributed by atoms with Gasteiger partial charge in [-0.3, -0.25) is 14.6 Å². The monoisotopic (exact) mass is 393 g/mol. The standard InChI is InChI=1S/C24H31N3O2/c1-29-19-23(28)27(22-10-6-3-7-11-22)20-24(12-13-24)26-16-14-25(15-17-26)18-21-8-4-2-5-9-21/h2-11H,12-20H2,1H3. The second-order valence-corrected chi connectivity index (χ2v) is 8.22. The summed E-state index contributed by atoms with van der Waals surface area (Å²) in [6.45, 7) is 6.17. The highest BCUT2D eigenvalue weighted by Crippen LogP contribution is 2.43. The fourth-order valence-electron chi connectivity index (χ4n) is 4.37. The second-order valence-electron chi connectivity index (χ2n) is 8.22. The largest absolute Gasteiger partial charge is 0.375 e. The van der Waals surface area contributed by atoms with E-state index < -0.39 is 0 Å². The third kappa shape index (κ3) is 4.86. The molecule has 2 aromatic rings. The molecule has 1 aliphatic heterocycles. The van der Waals surface area contributed by atoms with Crippen LogP contribution >= 0.6 is 0 Å². The Kier molecular flexibility index (Phi) is 6.28. The molecule has 1 aliphatic carbocycles. The number of hydrogen-bond acceptors (Lipinski definition) is 4. The lowest BCUT2D eigenvalue weighted by molar-refractivity contribution is -0.122. The summed E-state index contributed by atoms with van der Waals surface area (Å²) in [4.78, 5) is 19.8. The third-order valence-electron chi connectivity index (χ3n) is 6.21. The van der Waals surface area contributed by atoms with Crippen LogP contribution in [0.2, 0.25) is 0 Å². The van der Waals surface area contributed by atoms with Crippen molar-refractivity contribution in [3.63, 3.8) is 0 Å². The maximum Gasteiger partial charge on any atom is 0.253 e. The van der Waals surface area contributed by atoms with E-state index >= 15 is 0 Å². The van der Waals surface area contributed by atoms with Gasteiger partial charge in [0, 0.05) is 57.6 Å². The predicted molar refractivity (Wildman–Crippen MR) is 116 cm³/mol. The lowest BCUT2D eigenvalue weighted by atomic mass is 10.1. The Labute approximate surface area is 173 Å². The first-order valence-corrected chi connectivity index (χ1v) is 10.6. The Morgan fingerprint density at radius 3 is 2.17 bits per heavy atom. The minimum absolute atomic E-state index is 0.0349. The summed E-state index contributed by atoms with van der Waals surface area (Å²) in [6.07, 6.45) is 2.32. The fourth-order valence-corrected chi connectivity index (χ4v) is 4.37. The molecule has 4 rings (SSSR count). The van der Waals surface area contributed by atoms with Crippen molar-refractivity contribution in [2.45, 2.75) is 24.9 Å². The van der Waals surface area contributed by atoms with Crippen LogP contribution in [0.3, 0.4) is 0 Å². The number of carbonyl (C=O) groups is 1. The molecule has 0 spiro atoms. The van der Waals surface area contributed by atoms with Gasteiger partial charge >= 0.3 is 0 Å². The molecular formula is C24H31N3O2. The summed E-state index contributed by atoms with van der Waals surface area (Å²) in [5.41, 5.74) is 2.46. The lowest BCUT2D eigenvalue weighted by Gasteiger charge is -2.41. The first-order valence-electron chi connectivity index (χ1n) is 10.6. The van der Waals surface area contributed by atoms with Crippen molar-refractivity contribution in [3.05, 3.63) is 66.2 Å². The van der Waals surface area contributed by atoms with Gasteiger partial charge in [-0.1, -0.05) is 48.5 Å². The number of hydrogen-bond donors (Lipinski definition) is 0. The summed E-state index contributed by atoms with van der Waals surface area (Å²) < 4.78 is 5.15. The van der Waals surface area contributed by atoms with Crippen molar-refractivity contribution < 1.29 is 9.53 Å². The average molecular weight is 394 g/mol. The van der Waals surface area contributed by atoms with Gasteiger partial charge in [-0.25, -0.2) is 0 Å². The molecule has 2 aliphatic rings. The molecule has 0 unspecified atom stereocenters. The van der Waals surface area contributed by atoms with E-state index in [2.05, 4.69) is 40.1 Å². The molecule has 1 heterocycles. The lowest BCUT2D eigenvalue weighted by Crippen LogP contribution is -2.55. The van der Waals surface area contributed by atoms with E-state index in [0.717, 1.165) is 57.8 Å². The van der Waals surface area contributed by atoms with E-state index in [1.165, 1.54) is 5.56 Å². The molecule has 1 amide bonds. The first-order chi connectivity index (χ1) is 14.2. The Bertz CT molecular complexity index is 784. The van der Waals surface area contributed by atoms with Crippen LogP contribution in [0.15, 0.2) is 60.7 Å². The zero-order valence-corrected chi connectivity index (χ0v) is 17.3. The van der Waals surface area contributed by atoms with E-state index in [1.807, 2.05) is 35.2 Å². The normalized spacial score (nSPS) is 19.1. The fraction of sp³-hybridized carbons (Fsp3) is 0.458. The van der Waals surface area contributed by atoms with Crippen LogP contribution in [-0.4, -0.2) is 67.7 Å². The van der Waals surface area contributed by atoms with Gasteiger partial charge in [0.1, 0.15) is 6.61 Å². The zero-order valence-electron chi connectivity index (χ0n) is 17.3. The van der Waals surface area contributed by atoms with Crippen LogP contribution in [-0.2, 0) is 16.1 Å². The molecule has 5 nitrogen and oxygen atoms in total. The molecule has 1 saturated carbocycles. The maximum atomic E-state index is 12.8. The molecule has 0 bridgehead atoms. The molecule has 1 saturated heterocycles. The van der Waals surface area contributed by atoms with Crippen molar-refractivity contribution in [3.8, 4) is 0 Å². The van der Waals surface area contributed by atoms with Crippen molar-refractivity contribution >= 4 is 11.6 Å². The summed E-state index contributed by atoms with van der Waals surface area (Å²) >= 11 is 0. The molecule has 0 N–H and O–H groups in total. The quantitative estimate of drug-likeness (QED) is 0.691. The highest BCUT2D eigenvalue weighted by atomic mass is 16.5. The molecule has 2 aromatic carbocycles. The molecule has 154 valence electrons. The summed E-state index contributed by atoms with van der Waals surface area (Å²) in [5.74, 6) is 0.0349. The molecule has 29 heavy (non-hydrogen) atoms. The van der Waals surface area contributed by atoms with E-state index in [9.17, 15) is 4.79 Å². The SMILES string of the molecule is COCC(=O)N(CC1(N2CCN(Cc3ccccc3)CC2)CC1)c1ccccc1. The third-order valence-corrected chi connectivity index (χ3v) is 6.21. The van der Waals surface area contributed by atoms with Gasteiger partial charge in [0.25, 0.3) is 5.91 Å². The Hall–Kier alpha value is -2.21. The van der Waals surface area contributed by atoms with Crippen molar-refractivity contribution in [2.75, 3.05) is 51.3 Å². The predicted octanol–water partition coefficient (Wildman–Crippen LogP) is 3.02. The highest BCUT2D eigenvalue weighted by Gasteiger charge is 2.50.